The molecular formula is C11H17NO. The third-order valence-electron chi connectivity index (χ3n) is 3.84. The number of hydrogen-bond acceptors (Lipinski definition) is 2. The van der Waals surface area contributed by atoms with Crippen molar-refractivity contribution in [1.29, 1.82) is 0 Å². The summed E-state index contributed by atoms with van der Waals surface area (Å²) < 4.78 is 0. The molecule has 0 aliphatic heterocycles. The van der Waals surface area contributed by atoms with Gasteiger partial charge in [0, 0.05) is 17.9 Å². The summed E-state index contributed by atoms with van der Waals surface area (Å²) in [4.78, 5) is 11.8. The normalized spacial score (nSPS) is 44.5. The Morgan fingerprint density at radius 1 is 1.54 bits per heavy atom. The van der Waals surface area contributed by atoms with Crippen molar-refractivity contribution in [3.05, 3.63) is 12.7 Å². The molecule has 3 unspecified atom stereocenters. The lowest BCUT2D eigenvalue weighted by Gasteiger charge is -2.44. The number of carbonyl (C=O) groups is 1. The molecule has 2 fully saturated rings. The van der Waals surface area contributed by atoms with Crippen LogP contribution in [-0.4, -0.2) is 11.8 Å². The van der Waals surface area contributed by atoms with E-state index in [0.29, 0.717) is 24.2 Å². The topological polar surface area (TPSA) is 43.1 Å². The molecule has 72 valence electrons. The Morgan fingerprint density at radius 3 is 3.00 bits per heavy atom. The molecule has 0 aromatic heterocycles. The van der Waals surface area contributed by atoms with Crippen molar-refractivity contribution in [3.8, 4) is 0 Å². The van der Waals surface area contributed by atoms with Gasteiger partial charge in [0.1, 0.15) is 5.78 Å². The van der Waals surface area contributed by atoms with Gasteiger partial charge in [-0.15, -0.1) is 6.58 Å². The lowest BCUT2D eigenvalue weighted by atomic mass is 9.60. The largest absolute Gasteiger partial charge is 0.327 e. The summed E-state index contributed by atoms with van der Waals surface area (Å²) in [7, 11) is 0. The van der Waals surface area contributed by atoms with Gasteiger partial charge in [0.25, 0.3) is 0 Å². The number of fused-ring (bicyclic) bond motifs is 2. The number of ketones is 1. The van der Waals surface area contributed by atoms with Crippen molar-refractivity contribution in [2.75, 3.05) is 0 Å². The molecule has 2 N–H and O–H groups in total. The van der Waals surface area contributed by atoms with Crippen molar-refractivity contribution in [2.24, 2.45) is 17.1 Å². The summed E-state index contributed by atoms with van der Waals surface area (Å²) in [6.45, 7) is 3.81. The highest BCUT2D eigenvalue weighted by Crippen LogP contribution is 2.46. The van der Waals surface area contributed by atoms with Crippen molar-refractivity contribution in [3.63, 3.8) is 0 Å². The van der Waals surface area contributed by atoms with Crippen molar-refractivity contribution >= 4 is 5.78 Å². The van der Waals surface area contributed by atoms with Gasteiger partial charge in [-0.3, -0.25) is 4.79 Å². The van der Waals surface area contributed by atoms with Crippen molar-refractivity contribution in [1.82, 2.24) is 0 Å². The van der Waals surface area contributed by atoms with E-state index in [4.69, 9.17) is 5.73 Å². The molecule has 0 radical (unpaired) electrons. The molecule has 3 atom stereocenters. The van der Waals surface area contributed by atoms with Gasteiger partial charge >= 0.3 is 0 Å². The van der Waals surface area contributed by atoms with Crippen LogP contribution in [0.1, 0.15) is 32.1 Å². The first kappa shape index (κ1) is 8.95. The summed E-state index contributed by atoms with van der Waals surface area (Å²) in [5, 5.41) is 0. The molecule has 0 saturated heterocycles. The van der Waals surface area contributed by atoms with Crippen LogP contribution < -0.4 is 5.73 Å². The predicted molar refractivity (Wildman–Crippen MR) is 52.2 cm³/mol. The van der Waals surface area contributed by atoms with Gasteiger partial charge in [-0.25, -0.2) is 0 Å². The average molecular weight is 179 g/mol. The summed E-state index contributed by atoms with van der Waals surface area (Å²) in [6, 6.07) is 0.321. The Bertz CT molecular complexity index is 248. The maximum absolute atomic E-state index is 11.8. The molecule has 2 heteroatoms. The van der Waals surface area contributed by atoms with E-state index >= 15 is 0 Å². The number of carbonyl (C=O) groups excluding carboxylic acids is 1. The average Bonchev–Trinajstić information content (AvgIpc) is 2.16. The fourth-order valence-electron chi connectivity index (χ4n) is 2.82. The van der Waals surface area contributed by atoms with Gasteiger partial charge < -0.3 is 5.73 Å². The number of allylic oxidation sites excluding steroid dienone is 1. The molecule has 2 nitrogen and oxygen atoms in total. The summed E-state index contributed by atoms with van der Waals surface area (Å²) in [5.74, 6) is 0.954. The van der Waals surface area contributed by atoms with E-state index in [2.05, 4.69) is 6.58 Å². The highest BCUT2D eigenvalue weighted by atomic mass is 16.1. The molecule has 2 aliphatic rings. The minimum absolute atomic E-state index is 0.196. The molecule has 2 aliphatic carbocycles. The Balaban J connectivity index is 2.25. The van der Waals surface area contributed by atoms with Crippen LogP contribution in [0.4, 0.5) is 0 Å². The Morgan fingerprint density at radius 2 is 2.31 bits per heavy atom. The lowest BCUT2D eigenvalue weighted by Crippen LogP contribution is -2.47. The highest BCUT2D eigenvalue weighted by molar-refractivity contribution is 5.87. The monoisotopic (exact) mass is 179 g/mol. The second-order valence-corrected chi connectivity index (χ2v) is 4.49. The third kappa shape index (κ3) is 1.24. The van der Waals surface area contributed by atoms with Crippen LogP contribution in [0, 0.1) is 11.3 Å². The van der Waals surface area contributed by atoms with E-state index in [1.807, 2.05) is 6.08 Å². The van der Waals surface area contributed by atoms with Gasteiger partial charge in [-0.2, -0.15) is 0 Å². The molecule has 0 amide bonds. The molecule has 2 saturated carbocycles. The minimum Gasteiger partial charge on any atom is -0.327 e. The number of hydrogen-bond donors (Lipinski definition) is 1. The summed E-state index contributed by atoms with van der Waals surface area (Å²) >= 11 is 0. The van der Waals surface area contributed by atoms with E-state index in [1.165, 1.54) is 0 Å². The van der Waals surface area contributed by atoms with Gasteiger partial charge in [-0.05, 0) is 31.6 Å². The Labute approximate surface area is 79.2 Å². The lowest BCUT2D eigenvalue weighted by molar-refractivity contribution is -0.132. The highest BCUT2D eigenvalue weighted by Gasteiger charge is 2.45. The van der Waals surface area contributed by atoms with Crippen LogP contribution in [0.3, 0.4) is 0 Å². The molecule has 0 spiro atoms. The van der Waals surface area contributed by atoms with Crippen LogP contribution in [0.2, 0.25) is 0 Å². The van der Waals surface area contributed by atoms with E-state index < -0.39 is 0 Å². The van der Waals surface area contributed by atoms with Crippen LogP contribution in [-0.2, 0) is 4.79 Å². The molecule has 0 aromatic carbocycles. The Kier molecular flexibility index (Phi) is 2.03. The van der Waals surface area contributed by atoms with Gasteiger partial charge in [0.15, 0.2) is 0 Å². The first-order valence-electron chi connectivity index (χ1n) is 5.10. The molecule has 0 heterocycles. The molecular weight excluding hydrogens is 162 g/mol. The molecule has 2 rings (SSSR count). The first-order chi connectivity index (χ1) is 6.18. The first-order valence-corrected chi connectivity index (χ1v) is 5.10. The fraction of sp³-hybridized carbons (Fsp3) is 0.727. The smallest absolute Gasteiger partial charge is 0.142 e. The fourth-order valence-corrected chi connectivity index (χ4v) is 2.82. The summed E-state index contributed by atoms with van der Waals surface area (Å²) in [5.41, 5.74) is 5.80. The second kappa shape index (κ2) is 2.95. The van der Waals surface area contributed by atoms with Crippen LogP contribution in [0.25, 0.3) is 0 Å². The van der Waals surface area contributed by atoms with Crippen molar-refractivity contribution < 1.29 is 4.79 Å². The zero-order chi connectivity index (χ0) is 9.47. The second-order valence-electron chi connectivity index (χ2n) is 4.49. The zero-order valence-electron chi connectivity index (χ0n) is 7.96. The predicted octanol–water partition coefficient (Wildman–Crippen LogP) is 1.65. The van der Waals surface area contributed by atoms with Gasteiger partial charge in [-0.1, -0.05) is 6.08 Å². The number of rotatable bonds is 1. The summed E-state index contributed by atoms with van der Waals surface area (Å²) in [6.07, 6.45) is 6.44. The maximum atomic E-state index is 11.8. The van der Waals surface area contributed by atoms with E-state index in [1.54, 1.807) is 0 Å². The minimum atomic E-state index is -0.196. The number of Topliss-reactive ketones (excluding diaryl/α,β-unsaturated/α-hetero) is 1. The van der Waals surface area contributed by atoms with E-state index in [-0.39, 0.29) is 5.41 Å². The van der Waals surface area contributed by atoms with Crippen molar-refractivity contribution in [2.45, 2.75) is 38.1 Å². The molecule has 13 heavy (non-hydrogen) atoms. The van der Waals surface area contributed by atoms with Crippen LogP contribution >= 0.6 is 0 Å². The number of nitrogens with two attached hydrogens (primary N) is 1. The SMILES string of the molecule is C=CC12CCC(N)C(CCC1=O)C2. The zero-order valence-corrected chi connectivity index (χ0v) is 7.96. The van der Waals surface area contributed by atoms with E-state index in [9.17, 15) is 4.79 Å². The van der Waals surface area contributed by atoms with Gasteiger partial charge in [0.05, 0.1) is 0 Å². The quantitative estimate of drug-likeness (QED) is 0.622. The van der Waals surface area contributed by atoms with Crippen LogP contribution in [0.5, 0.6) is 0 Å². The third-order valence-corrected chi connectivity index (χ3v) is 3.84. The Hall–Kier alpha value is -0.630. The van der Waals surface area contributed by atoms with Gasteiger partial charge in [0.2, 0.25) is 0 Å². The molecule has 0 aromatic rings. The molecule has 2 bridgehead atoms. The standard InChI is InChI=1S/C11H17NO/c1-2-11-6-5-9(12)8(7-11)3-4-10(11)13/h2,8-9H,1,3-7,12H2. The van der Waals surface area contributed by atoms with E-state index in [0.717, 1.165) is 25.7 Å². The van der Waals surface area contributed by atoms with Crippen LogP contribution in [0.15, 0.2) is 12.7 Å². The maximum Gasteiger partial charge on any atom is 0.142 e.